The first-order valence-electron chi connectivity index (χ1n) is 10.2. The minimum atomic E-state index is -0.748. The molecule has 3 aromatic rings. The Morgan fingerprint density at radius 1 is 1.41 bits per heavy atom. The second-order valence-corrected chi connectivity index (χ2v) is 9.08. The van der Waals surface area contributed by atoms with Crippen LogP contribution in [0.15, 0.2) is 23.0 Å². The highest BCUT2D eigenvalue weighted by Gasteiger charge is 2.26. The second kappa shape index (κ2) is 7.71. The van der Waals surface area contributed by atoms with Gasteiger partial charge in [-0.25, -0.2) is 0 Å². The van der Waals surface area contributed by atoms with Gasteiger partial charge in [-0.05, 0) is 62.1 Å². The zero-order valence-corrected chi connectivity index (χ0v) is 18.1. The van der Waals surface area contributed by atoms with E-state index in [4.69, 9.17) is 0 Å². The number of hydrogen-bond acceptors (Lipinski definition) is 5. The topological polar surface area (TPSA) is 76.9 Å². The Morgan fingerprint density at radius 3 is 2.97 bits per heavy atom. The number of aromatic nitrogens is 3. The summed E-state index contributed by atoms with van der Waals surface area (Å²) in [4.78, 5) is 28.1. The molecule has 6 nitrogen and oxygen atoms in total. The molecule has 152 valence electrons. The summed E-state index contributed by atoms with van der Waals surface area (Å²) in [6.45, 7) is 7.95. The van der Waals surface area contributed by atoms with Gasteiger partial charge in [-0.3, -0.25) is 9.59 Å². The number of nitrogens with one attached hydrogen (secondary N) is 1. The van der Waals surface area contributed by atoms with Crippen LogP contribution in [0.3, 0.4) is 0 Å². The van der Waals surface area contributed by atoms with Gasteiger partial charge < -0.3 is 5.32 Å². The summed E-state index contributed by atoms with van der Waals surface area (Å²) in [5.74, 6) is 0.361. The number of para-hydroxylation sites is 1. The smallest absolute Gasteiger partial charge is 0.279 e. The van der Waals surface area contributed by atoms with Crippen molar-refractivity contribution < 1.29 is 4.79 Å². The van der Waals surface area contributed by atoms with E-state index in [0.717, 1.165) is 48.1 Å². The average Bonchev–Trinajstić information content (AvgIpc) is 3.07. The normalized spacial score (nSPS) is 17.2. The molecule has 4 rings (SSSR count). The molecule has 1 N–H and O–H groups in total. The van der Waals surface area contributed by atoms with Crippen LogP contribution in [0.2, 0.25) is 0 Å². The van der Waals surface area contributed by atoms with E-state index in [1.54, 1.807) is 18.3 Å². The number of amides is 1. The first-order chi connectivity index (χ1) is 13.9. The van der Waals surface area contributed by atoms with Crippen LogP contribution in [-0.4, -0.2) is 20.9 Å². The molecular weight excluding hydrogens is 384 g/mol. The number of rotatable bonds is 4. The Kier molecular flexibility index (Phi) is 5.25. The largest absolute Gasteiger partial charge is 0.324 e. The Hall–Kier alpha value is -2.54. The molecule has 0 unspecified atom stereocenters. The number of thiophene rings is 1. The number of carbonyl (C=O) groups excluding carboxylic acids is 1. The summed E-state index contributed by atoms with van der Waals surface area (Å²) in [6, 6.07) is 5.21. The van der Waals surface area contributed by atoms with Gasteiger partial charge in [0, 0.05) is 10.6 Å². The number of nitrogens with zero attached hydrogens (tertiary/aromatic N) is 3. The molecule has 0 radical (unpaired) electrons. The zero-order chi connectivity index (χ0) is 20.7. The highest BCUT2D eigenvalue weighted by atomic mass is 32.1. The lowest BCUT2D eigenvalue weighted by molar-refractivity contribution is -0.119. The summed E-state index contributed by atoms with van der Waals surface area (Å²) < 4.78 is 1.23. The molecule has 1 aliphatic carbocycles. The van der Waals surface area contributed by atoms with Crippen molar-refractivity contribution in [3.8, 4) is 0 Å². The fourth-order valence-corrected chi connectivity index (χ4v) is 5.38. The molecule has 0 spiro atoms. The fourth-order valence-electron chi connectivity index (χ4n) is 4.07. The summed E-state index contributed by atoms with van der Waals surface area (Å²) >= 11 is 1.57. The van der Waals surface area contributed by atoms with Gasteiger partial charge in [-0.15, -0.1) is 16.4 Å². The van der Waals surface area contributed by atoms with Crippen molar-refractivity contribution in [2.75, 3.05) is 5.32 Å². The van der Waals surface area contributed by atoms with Gasteiger partial charge in [0.05, 0.1) is 5.39 Å². The summed E-state index contributed by atoms with van der Waals surface area (Å²) in [5, 5.41) is 12.0. The molecule has 0 bridgehead atoms. The molecule has 2 aromatic heterocycles. The van der Waals surface area contributed by atoms with Crippen LogP contribution in [0.1, 0.15) is 54.8 Å². The van der Waals surface area contributed by atoms with Crippen molar-refractivity contribution in [1.82, 2.24) is 15.0 Å². The van der Waals surface area contributed by atoms with Crippen LogP contribution < -0.4 is 10.9 Å². The maximum absolute atomic E-state index is 13.2. The van der Waals surface area contributed by atoms with Crippen molar-refractivity contribution in [3.63, 3.8) is 0 Å². The quantitative estimate of drug-likeness (QED) is 0.704. The number of carbonyl (C=O) groups is 1. The van der Waals surface area contributed by atoms with E-state index < -0.39 is 6.04 Å². The SMILES string of the molecule is CCc1cccc(C)c1NC(=O)[C@@H](C)n1nnc2sc3c(c2c1=O)CC[C@@H](C)C3. The fraction of sp³-hybridized carbons (Fsp3) is 0.455. The molecule has 29 heavy (non-hydrogen) atoms. The monoisotopic (exact) mass is 410 g/mol. The summed E-state index contributed by atoms with van der Waals surface area (Å²) in [6.07, 6.45) is 3.76. The van der Waals surface area contributed by atoms with Crippen LogP contribution in [0, 0.1) is 12.8 Å². The van der Waals surface area contributed by atoms with Crippen molar-refractivity contribution in [2.45, 2.75) is 59.4 Å². The minimum Gasteiger partial charge on any atom is -0.324 e. The van der Waals surface area contributed by atoms with E-state index in [1.165, 1.54) is 9.56 Å². The maximum Gasteiger partial charge on any atom is 0.279 e. The van der Waals surface area contributed by atoms with Crippen LogP contribution in [0.4, 0.5) is 5.69 Å². The van der Waals surface area contributed by atoms with Crippen molar-refractivity contribution >= 4 is 33.1 Å². The van der Waals surface area contributed by atoms with Crippen molar-refractivity contribution in [1.29, 1.82) is 0 Å². The van der Waals surface area contributed by atoms with Gasteiger partial charge in [0.1, 0.15) is 6.04 Å². The lowest BCUT2D eigenvalue weighted by atomic mass is 9.89. The molecule has 2 atom stereocenters. The Bertz CT molecular complexity index is 1150. The minimum absolute atomic E-state index is 0.217. The number of fused-ring (bicyclic) bond motifs is 3. The number of benzene rings is 1. The third-order valence-electron chi connectivity index (χ3n) is 5.88. The Morgan fingerprint density at radius 2 is 2.21 bits per heavy atom. The van der Waals surface area contributed by atoms with E-state index in [-0.39, 0.29) is 11.5 Å². The first kappa shape index (κ1) is 19.8. The molecule has 1 aliphatic rings. The van der Waals surface area contributed by atoms with Gasteiger partial charge in [0.2, 0.25) is 5.91 Å². The van der Waals surface area contributed by atoms with E-state index in [1.807, 2.05) is 25.1 Å². The van der Waals surface area contributed by atoms with E-state index >= 15 is 0 Å². The van der Waals surface area contributed by atoms with Gasteiger partial charge in [-0.1, -0.05) is 37.3 Å². The van der Waals surface area contributed by atoms with Crippen LogP contribution >= 0.6 is 11.3 Å². The second-order valence-electron chi connectivity index (χ2n) is 8.00. The van der Waals surface area contributed by atoms with E-state index in [0.29, 0.717) is 16.1 Å². The molecule has 7 heteroatoms. The molecule has 0 fully saturated rings. The third-order valence-corrected chi connectivity index (χ3v) is 7.02. The van der Waals surface area contributed by atoms with Crippen LogP contribution in [-0.2, 0) is 24.1 Å². The Labute approximate surface area is 173 Å². The number of hydrogen-bond donors (Lipinski definition) is 1. The van der Waals surface area contributed by atoms with Gasteiger partial charge in [0.15, 0.2) is 4.83 Å². The molecule has 1 aromatic carbocycles. The lowest BCUT2D eigenvalue weighted by Gasteiger charge is -2.18. The molecule has 1 amide bonds. The molecule has 0 aliphatic heterocycles. The first-order valence-corrected chi connectivity index (χ1v) is 11.0. The molecule has 0 saturated carbocycles. The van der Waals surface area contributed by atoms with Gasteiger partial charge >= 0.3 is 0 Å². The highest BCUT2D eigenvalue weighted by molar-refractivity contribution is 7.18. The average molecular weight is 411 g/mol. The van der Waals surface area contributed by atoms with Crippen LogP contribution in [0.5, 0.6) is 0 Å². The van der Waals surface area contributed by atoms with E-state index in [9.17, 15) is 9.59 Å². The molecule has 2 heterocycles. The standard InChI is InChI=1S/C22H26N4O2S/c1-5-15-8-6-7-13(3)19(15)23-20(27)14(4)26-22(28)18-16-10-9-12(2)11-17(16)29-21(18)24-25-26/h6-8,12,14H,5,9-11H2,1-4H3,(H,23,27)/t12-,14-/m1/s1. The maximum atomic E-state index is 13.2. The highest BCUT2D eigenvalue weighted by Crippen LogP contribution is 2.35. The predicted octanol–water partition coefficient (Wildman–Crippen LogP) is 4.05. The van der Waals surface area contributed by atoms with Crippen LogP contribution in [0.25, 0.3) is 10.2 Å². The van der Waals surface area contributed by atoms with Crippen molar-refractivity contribution in [2.24, 2.45) is 5.92 Å². The lowest BCUT2D eigenvalue weighted by Crippen LogP contribution is -2.34. The molecular formula is C22H26N4O2S. The number of anilines is 1. The Balaban J connectivity index is 1.69. The third kappa shape index (κ3) is 3.48. The number of aryl methyl sites for hydroxylation is 3. The van der Waals surface area contributed by atoms with E-state index in [2.05, 4.69) is 29.5 Å². The van der Waals surface area contributed by atoms with Crippen molar-refractivity contribution in [3.05, 3.63) is 50.1 Å². The molecule has 0 saturated heterocycles. The zero-order valence-electron chi connectivity index (χ0n) is 17.3. The summed E-state index contributed by atoms with van der Waals surface area (Å²) in [5.41, 5.74) is 3.78. The van der Waals surface area contributed by atoms with Gasteiger partial charge in [-0.2, -0.15) is 4.68 Å². The van der Waals surface area contributed by atoms with Gasteiger partial charge in [0.25, 0.3) is 5.56 Å². The predicted molar refractivity (Wildman–Crippen MR) is 117 cm³/mol. The summed E-state index contributed by atoms with van der Waals surface area (Å²) in [7, 11) is 0.